The van der Waals surface area contributed by atoms with Gasteiger partial charge in [-0.05, 0) is 57.4 Å². The lowest BCUT2D eigenvalue weighted by Crippen LogP contribution is -2.27. The van der Waals surface area contributed by atoms with Gasteiger partial charge >= 0.3 is 0 Å². The molecule has 4 heteroatoms. The van der Waals surface area contributed by atoms with Crippen molar-refractivity contribution in [3.05, 3.63) is 11.1 Å². The maximum atomic E-state index is 4.71. The lowest BCUT2D eigenvalue weighted by Gasteiger charge is -2.21. The number of nitrogens with zero attached hydrogens (tertiary/aromatic N) is 2. The molecule has 0 saturated heterocycles. The van der Waals surface area contributed by atoms with Crippen LogP contribution in [0.15, 0.2) is 6.20 Å². The third-order valence-corrected chi connectivity index (χ3v) is 5.50. The summed E-state index contributed by atoms with van der Waals surface area (Å²) in [6.07, 6.45) is 8.97. The second kappa shape index (κ2) is 6.44. The lowest BCUT2D eigenvalue weighted by atomic mass is 10.3. The number of nitrogens with one attached hydrogen (secondary N) is 1. The molecule has 1 aromatic heterocycles. The van der Waals surface area contributed by atoms with Crippen molar-refractivity contribution in [2.75, 3.05) is 24.5 Å². The minimum Gasteiger partial charge on any atom is -0.348 e. The number of anilines is 1. The van der Waals surface area contributed by atoms with Crippen LogP contribution in [-0.4, -0.2) is 24.6 Å². The van der Waals surface area contributed by atoms with Crippen LogP contribution in [0.25, 0.3) is 0 Å². The van der Waals surface area contributed by atoms with E-state index >= 15 is 0 Å². The van der Waals surface area contributed by atoms with Gasteiger partial charge in [-0.25, -0.2) is 4.98 Å². The number of hydrogen-bond donors (Lipinski definition) is 1. The molecule has 2 aliphatic carbocycles. The molecule has 0 aromatic carbocycles. The summed E-state index contributed by atoms with van der Waals surface area (Å²) >= 11 is 1.89. The summed E-state index contributed by atoms with van der Waals surface area (Å²) in [5.41, 5.74) is 0. The third-order valence-electron chi connectivity index (χ3n) is 4.26. The Hall–Kier alpha value is -0.610. The molecule has 2 aliphatic rings. The van der Waals surface area contributed by atoms with Gasteiger partial charge in [-0.15, -0.1) is 11.3 Å². The fourth-order valence-electron chi connectivity index (χ4n) is 2.54. The molecule has 1 atom stereocenters. The van der Waals surface area contributed by atoms with Gasteiger partial charge < -0.3 is 10.2 Å². The molecule has 3 rings (SSSR count). The first-order valence-corrected chi connectivity index (χ1v) is 9.02. The average Bonchev–Trinajstić information content (AvgIpc) is 3.37. The molecule has 112 valence electrons. The zero-order chi connectivity index (χ0) is 13.9. The molecular formula is C16H27N3S. The summed E-state index contributed by atoms with van der Waals surface area (Å²) in [5, 5.41) is 4.81. The number of aromatic nitrogens is 1. The van der Waals surface area contributed by atoms with Crippen LogP contribution in [0.1, 0.15) is 56.9 Å². The van der Waals surface area contributed by atoms with E-state index in [0.717, 1.165) is 18.4 Å². The third kappa shape index (κ3) is 3.95. The van der Waals surface area contributed by atoms with Crippen molar-refractivity contribution in [3.8, 4) is 0 Å². The molecule has 1 heterocycles. The van der Waals surface area contributed by atoms with Crippen LogP contribution >= 0.6 is 11.3 Å². The molecule has 2 saturated carbocycles. The fourth-order valence-corrected chi connectivity index (χ4v) is 3.50. The molecule has 0 radical (unpaired) electrons. The minimum atomic E-state index is 0.435. The van der Waals surface area contributed by atoms with Gasteiger partial charge in [0.05, 0.1) is 0 Å². The van der Waals surface area contributed by atoms with Crippen molar-refractivity contribution < 1.29 is 0 Å². The van der Waals surface area contributed by atoms with E-state index in [4.69, 9.17) is 4.98 Å². The predicted molar refractivity (Wildman–Crippen MR) is 86.5 cm³/mol. The Morgan fingerprint density at radius 2 is 1.95 bits per heavy atom. The largest absolute Gasteiger partial charge is 0.348 e. The number of rotatable bonds is 9. The van der Waals surface area contributed by atoms with Crippen molar-refractivity contribution in [3.63, 3.8) is 0 Å². The summed E-state index contributed by atoms with van der Waals surface area (Å²) < 4.78 is 0. The average molecular weight is 293 g/mol. The maximum absolute atomic E-state index is 4.71. The Balaban J connectivity index is 1.62. The van der Waals surface area contributed by atoms with Crippen molar-refractivity contribution in [1.29, 1.82) is 0 Å². The molecule has 3 nitrogen and oxygen atoms in total. The van der Waals surface area contributed by atoms with Gasteiger partial charge in [-0.3, -0.25) is 0 Å². The summed E-state index contributed by atoms with van der Waals surface area (Å²) in [4.78, 5) is 8.66. The summed E-state index contributed by atoms with van der Waals surface area (Å²) in [6.45, 7) is 8.02. The Kier molecular flexibility index (Phi) is 4.61. The highest BCUT2D eigenvalue weighted by Crippen LogP contribution is 2.37. The zero-order valence-corrected chi connectivity index (χ0v) is 13.6. The minimum absolute atomic E-state index is 0.435. The van der Waals surface area contributed by atoms with E-state index in [1.54, 1.807) is 0 Å². The monoisotopic (exact) mass is 293 g/mol. The second-order valence-electron chi connectivity index (χ2n) is 6.51. The Morgan fingerprint density at radius 1 is 1.30 bits per heavy atom. The lowest BCUT2D eigenvalue weighted by molar-refractivity contribution is 0.577. The van der Waals surface area contributed by atoms with Gasteiger partial charge in [-0.2, -0.15) is 0 Å². The van der Waals surface area contributed by atoms with Crippen LogP contribution in [0.4, 0.5) is 5.13 Å². The first-order valence-electron chi connectivity index (χ1n) is 8.20. The first kappa shape index (κ1) is 14.3. The maximum Gasteiger partial charge on any atom is 0.185 e. The van der Waals surface area contributed by atoms with Crippen LogP contribution in [0.5, 0.6) is 0 Å². The van der Waals surface area contributed by atoms with Gasteiger partial charge in [0.25, 0.3) is 0 Å². The van der Waals surface area contributed by atoms with Crippen LogP contribution in [0, 0.1) is 11.8 Å². The van der Waals surface area contributed by atoms with Crippen LogP contribution < -0.4 is 10.2 Å². The quantitative estimate of drug-likeness (QED) is 0.750. The van der Waals surface area contributed by atoms with Gasteiger partial charge in [0, 0.05) is 30.2 Å². The van der Waals surface area contributed by atoms with E-state index in [1.165, 1.54) is 55.2 Å². The Bertz CT molecular complexity index is 409. The smallest absolute Gasteiger partial charge is 0.185 e. The molecule has 2 fully saturated rings. The highest BCUT2D eigenvalue weighted by molar-refractivity contribution is 7.15. The van der Waals surface area contributed by atoms with Gasteiger partial charge in [-0.1, -0.05) is 6.92 Å². The Morgan fingerprint density at radius 3 is 2.50 bits per heavy atom. The molecule has 0 aliphatic heterocycles. The summed E-state index contributed by atoms with van der Waals surface area (Å²) in [7, 11) is 0. The van der Waals surface area contributed by atoms with Crippen molar-refractivity contribution >= 4 is 16.5 Å². The van der Waals surface area contributed by atoms with E-state index in [0.29, 0.717) is 6.04 Å². The highest BCUT2D eigenvalue weighted by atomic mass is 32.1. The molecule has 0 spiro atoms. The van der Waals surface area contributed by atoms with Crippen LogP contribution in [0.3, 0.4) is 0 Å². The van der Waals surface area contributed by atoms with E-state index in [-0.39, 0.29) is 0 Å². The highest BCUT2D eigenvalue weighted by Gasteiger charge is 2.30. The molecule has 20 heavy (non-hydrogen) atoms. The van der Waals surface area contributed by atoms with E-state index in [2.05, 4.69) is 30.3 Å². The second-order valence-corrected chi connectivity index (χ2v) is 7.55. The van der Waals surface area contributed by atoms with Crippen LogP contribution in [-0.2, 0) is 0 Å². The molecule has 1 N–H and O–H groups in total. The normalized spacial score (nSPS) is 20.1. The molecular weight excluding hydrogens is 266 g/mol. The number of hydrogen-bond acceptors (Lipinski definition) is 4. The fraction of sp³-hybridized carbons (Fsp3) is 0.812. The molecule has 0 amide bonds. The van der Waals surface area contributed by atoms with E-state index in [9.17, 15) is 0 Å². The van der Waals surface area contributed by atoms with Crippen molar-refractivity contribution in [2.45, 2.75) is 52.0 Å². The van der Waals surface area contributed by atoms with Crippen molar-refractivity contribution in [1.82, 2.24) is 10.3 Å². The standard InChI is InChI=1S/C16H27N3S/c1-3-8-17-12(2)15-9-18-16(20-15)19(10-13-4-5-13)11-14-6-7-14/h9,12-14,17H,3-8,10-11H2,1-2H3. The van der Waals surface area contributed by atoms with Gasteiger partial charge in [0.2, 0.25) is 0 Å². The number of thiazole rings is 1. The topological polar surface area (TPSA) is 28.2 Å². The van der Waals surface area contributed by atoms with Crippen LogP contribution in [0.2, 0.25) is 0 Å². The molecule has 0 bridgehead atoms. The van der Waals surface area contributed by atoms with Gasteiger partial charge in [0.1, 0.15) is 0 Å². The predicted octanol–water partition coefficient (Wildman–Crippen LogP) is 3.83. The van der Waals surface area contributed by atoms with Gasteiger partial charge in [0.15, 0.2) is 5.13 Å². The Labute approximate surface area is 126 Å². The first-order chi connectivity index (χ1) is 9.76. The van der Waals surface area contributed by atoms with E-state index < -0.39 is 0 Å². The summed E-state index contributed by atoms with van der Waals surface area (Å²) in [6, 6.07) is 0.435. The molecule has 1 unspecified atom stereocenters. The zero-order valence-electron chi connectivity index (χ0n) is 12.8. The summed E-state index contributed by atoms with van der Waals surface area (Å²) in [5.74, 6) is 1.88. The van der Waals surface area contributed by atoms with E-state index in [1.807, 2.05) is 11.3 Å². The SMILES string of the molecule is CCCNC(C)c1cnc(N(CC2CC2)CC2CC2)s1. The van der Waals surface area contributed by atoms with Crippen molar-refractivity contribution in [2.24, 2.45) is 11.8 Å². The molecule has 1 aromatic rings.